The van der Waals surface area contributed by atoms with Gasteiger partial charge in [0.05, 0.1) is 51.8 Å². The molecule has 9 fully saturated rings. The minimum Gasteiger partial charge on any atom is -0.394 e. The van der Waals surface area contributed by atoms with Crippen molar-refractivity contribution in [3.05, 3.63) is 11.6 Å². The van der Waals surface area contributed by atoms with Crippen LogP contribution in [0.25, 0.3) is 0 Å². The zero-order valence-electron chi connectivity index (χ0n) is 48.0. The molecule has 35 atom stereocenters. The Balaban J connectivity index is 0.782. The van der Waals surface area contributed by atoms with Crippen LogP contribution in [0.5, 0.6) is 0 Å². The monoisotopic (exact) mass is 1230 g/mol. The van der Waals surface area contributed by atoms with Crippen LogP contribution in [0.3, 0.4) is 0 Å². The predicted molar refractivity (Wildman–Crippen MR) is 279 cm³/mol. The van der Waals surface area contributed by atoms with E-state index < -0.39 is 209 Å². The Morgan fingerprint density at radius 3 is 1.82 bits per heavy atom. The Kier molecular flexibility index (Phi) is 20.3. The fraction of sp³-hybridized carbons (Fsp3) is 0.946. The molecule has 0 aromatic rings. The Morgan fingerprint density at radius 2 is 1.16 bits per heavy atom. The van der Waals surface area contributed by atoms with E-state index in [2.05, 4.69) is 13.0 Å². The van der Waals surface area contributed by atoms with Crippen LogP contribution in [0.4, 0.5) is 0 Å². The summed E-state index contributed by atoms with van der Waals surface area (Å²) in [5, 5.41) is 182. The molecular weight excluding hydrogens is 1140 g/mol. The van der Waals surface area contributed by atoms with E-state index in [0.717, 1.165) is 5.57 Å². The van der Waals surface area contributed by atoms with E-state index in [0.29, 0.717) is 44.9 Å². The summed E-state index contributed by atoms with van der Waals surface area (Å²) >= 11 is 0. The third kappa shape index (κ3) is 12.0. The van der Waals surface area contributed by atoms with Gasteiger partial charge in [0.15, 0.2) is 37.2 Å². The van der Waals surface area contributed by atoms with Crippen LogP contribution in [0.1, 0.15) is 79.1 Å². The number of carbonyl (C=O) groups excluding carboxylic acids is 1. The second kappa shape index (κ2) is 26.1. The standard InChI is InChI=1S/C56H90O29/c1-20(18-75-49-43(71)39(67)36(64)29(14-57)78-49)7-10-56(74)21(2)34-28(85-56)12-26-24-6-5-22-11-23(8-9-54(22,3)25(24)13-33(62)55(26,34)4)77-51-45(73)41(69)46(32(17-60)81-51)82-53-48(84-52-44(72)40(68)37(65)30(15-58)79-52)47(38(66)31(16-59)80-53)83-50-42(70)35(63)27(61)19-76-50/h5,20-21,23-32,34-53,57-61,63-74H,6-19H2,1-4H3/t20-,21-,23-,24-,25-,26+,27+,28-,29+,30+,31+,32+,34-,35-,36+,37+,38+,39-,40-,41+,42+,43+,44+,45+,46-,47-,48+,49+,50-,51+,52-,53-,54-,55+,56+/m0/s1. The normalized spacial score (nSPS) is 54.0. The first-order valence-corrected chi connectivity index (χ1v) is 29.9. The number of aliphatic hydroxyl groups excluding tert-OH is 16. The highest BCUT2D eigenvalue weighted by Crippen LogP contribution is 2.69. The number of ether oxygens (including phenoxy) is 11. The minimum absolute atomic E-state index is 0.0154. The molecule has 6 aliphatic heterocycles. The maximum Gasteiger partial charge on any atom is 0.187 e. The number of Topliss-reactive ketones (excluding diaryl/α,β-unsaturated/α-hetero) is 1. The maximum absolute atomic E-state index is 14.8. The van der Waals surface area contributed by atoms with Crippen LogP contribution in [-0.4, -0.2) is 298 Å². The van der Waals surface area contributed by atoms with E-state index in [1.165, 1.54) is 0 Å². The number of fused-ring (bicyclic) bond motifs is 7. The molecule has 0 spiro atoms. The Labute approximate surface area is 490 Å². The number of aliphatic hydroxyl groups is 17. The molecule has 0 aromatic heterocycles. The predicted octanol–water partition coefficient (Wildman–Crippen LogP) is -6.39. The number of allylic oxidation sites excluding steroid dienone is 1. The zero-order valence-corrected chi connectivity index (χ0v) is 48.0. The molecule has 6 saturated heterocycles. The van der Waals surface area contributed by atoms with Crippen molar-refractivity contribution in [1.29, 1.82) is 0 Å². The van der Waals surface area contributed by atoms with Crippen LogP contribution < -0.4 is 0 Å². The van der Waals surface area contributed by atoms with Gasteiger partial charge in [-0.05, 0) is 67.6 Å². The number of rotatable bonds is 18. The summed E-state index contributed by atoms with van der Waals surface area (Å²) in [6, 6.07) is 0. The van der Waals surface area contributed by atoms with Gasteiger partial charge in [-0.2, -0.15) is 0 Å². The van der Waals surface area contributed by atoms with Crippen molar-refractivity contribution in [2.75, 3.05) is 39.6 Å². The molecule has 17 N–H and O–H groups in total. The molecule has 3 saturated carbocycles. The topological polar surface area (TPSA) is 463 Å². The van der Waals surface area contributed by atoms with Gasteiger partial charge in [-0.15, -0.1) is 0 Å². The summed E-state index contributed by atoms with van der Waals surface area (Å²) in [5.74, 6) is -2.11. The van der Waals surface area contributed by atoms with E-state index in [-0.39, 0.29) is 54.5 Å². The van der Waals surface area contributed by atoms with Crippen molar-refractivity contribution in [1.82, 2.24) is 0 Å². The molecule has 29 heteroatoms. The second-order valence-electron chi connectivity index (χ2n) is 26.1. The van der Waals surface area contributed by atoms with Gasteiger partial charge in [-0.1, -0.05) is 39.3 Å². The lowest BCUT2D eigenvalue weighted by Crippen LogP contribution is -2.68. The summed E-state index contributed by atoms with van der Waals surface area (Å²) < 4.78 is 65.5. The fourth-order valence-electron chi connectivity index (χ4n) is 15.9. The lowest BCUT2D eigenvalue weighted by molar-refractivity contribution is -0.403. The molecule has 85 heavy (non-hydrogen) atoms. The average Bonchev–Trinajstić information content (AvgIpc) is 1.70. The van der Waals surface area contributed by atoms with E-state index in [1.807, 2.05) is 20.8 Å². The van der Waals surface area contributed by atoms with Gasteiger partial charge in [0.1, 0.15) is 122 Å². The molecule has 10 rings (SSSR count). The van der Waals surface area contributed by atoms with Crippen LogP contribution in [0.15, 0.2) is 11.6 Å². The van der Waals surface area contributed by atoms with E-state index in [4.69, 9.17) is 52.1 Å². The second-order valence-corrected chi connectivity index (χ2v) is 26.1. The molecule has 0 bridgehead atoms. The van der Waals surface area contributed by atoms with Gasteiger partial charge in [-0.3, -0.25) is 4.79 Å². The van der Waals surface area contributed by atoms with Crippen LogP contribution in [0.2, 0.25) is 0 Å². The first kappa shape index (κ1) is 66.2. The molecule has 6 heterocycles. The number of hydrogen-bond donors (Lipinski definition) is 17. The fourth-order valence-corrected chi connectivity index (χ4v) is 15.9. The smallest absolute Gasteiger partial charge is 0.187 e. The molecule has 29 nitrogen and oxygen atoms in total. The molecule has 4 aliphatic carbocycles. The van der Waals surface area contributed by atoms with Gasteiger partial charge >= 0.3 is 0 Å². The van der Waals surface area contributed by atoms with E-state index in [1.54, 1.807) is 0 Å². The highest BCUT2D eigenvalue weighted by Gasteiger charge is 2.71. The summed E-state index contributed by atoms with van der Waals surface area (Å²) in [6.07, 6.45) is -36.1. The molecule has 0 radical (unpaired) electrons. The lowest BCUT2D eigenvalue weighted by Gasteiger charge is -2.57. The number of ketones is 1. The van der Waals surface area contributed by atoms with Crippen molar-refractivity contribution in [2.24, 2.45) is 46.3 Å². The molecular formula is C56H90O29. The number of carbonyl (C=O) groups is 1. The van der Waals surface area contributed by atoms with Crippen molar-refractivity contribution >= 4 is 5.78 Å². The molecule has 0 unspecified atom stereocenters. The third-order valence-electron chi connectivity index (χ3n) is 21.1. The van der Waals surface area contributed by atoms with Crippen LogP contribution in [0, 0.1) is 46.3 Å². The quantitative estimate of drug-likeness (QED) is 0.0568. The third-order valence-corrected chi connectivity index (χ3v) is 21.1. The summed E-state index contributed by atoms with van der Waals surface area (Å²) in [4.78, 5) is 14.8. The first-order chi connectivity index (χ1) is 40.2. The van der Waals surface area contributed by atoms with Gasteiger partial charge in [0.25, 0.3) is 0 Å². The highest BCUT2D eigenvalue weighted by molar-refractivity contribution is 5.87. The maximum atomic E-state index is 14.8. The van der Waals surface area contributed by atoms with E-state index >= 15 is 0 Å². The van der Waals surface area contributed by atoms with Gasteiger partial charge < -0.3 is 139 Å². The summed E-state index contributed by atoms with van der Waals surface area (Å²) in [5.41, 5.74) is -0.102. The summed E-state index contributed by atoms with van der Waals surface area (Å²) in [6.45, 7) is 4.34. The van der Waals surface area contributed by atoms with Crippen molar-refractivity contribution in [3.63, 3.8) is 0 Å². The van der Waals surface area contributed by atoms with Crippen molar-refractivity contribution < 1.29 is 144 Å². The molecule has 488 valence electrons. The van der Waals surface area contributed by atoms with Gasteiger partial charge in [0.2, 0.25) is 0 Å². The SMILES string of the molecule is C[C@@H](CC[C@@]1(O)O[C@H]2C[C@@H]3[C@H]4CC=C5C[C@@H](O[C@@H]6O[C@H](CO)[C@H](O[C@@H]7O[C@H](CO)[C@@H](O)[C@H](O[C@@H]8OC[C@@H](O)[C@H](O)[C@H]8O)[C@H]7O[C@@H]7O[C@H](CO)[C@@H](O)[C@H](O)[C@H]7O)[C@H](O)[C@H]6O)CC[C@]5(C)[C@H]4CC(=O)[C@]3(C)[C@H]2[C@@H]1C)CO[C@@H]1O[C@H](CO)[C@@H](O)[C@H](O)[C@H]1O. The molecule has 0 amide bonds. The van der Waals surface area contributed by atoms with Crippen molar-refractivity contribution in [3.8, 4) is 0 Å². The Hall–Kier alpha value is -1.71. The minimum atomic E-state index is -2.04. The molecule has 0 aromatic carbocycles. The Morgan fingerprint density at radius 1 is 0.612 bits per heavy atom. The van der Waals surface area contributed by atoms with E-state index in [9.17, 15) is 91.6 Å². The largest absolute Gasteiger partial charge is 0.394 e. The van der Waals surface area contributed by atoms with Crippen LogP contribution in [-0.2, 0) is 56.9 Å². The zero-order chi connectivity index (χ0) is 61.5. The average molecular weight is 1230 g/mol. The van der Waals surface area contributed by atoms with Gasteiger partial charge in [-0.25, -0.2) is 0 Å². The number of hydrogen-bond acceptors (Lipinski definition) is 29. The van der Waals surface area contributed by atoms with Crippen LogP contribution >= 0.6 is 0 Å². The van der Waals surface area contributed by atoms with Crippen molar-refractivity contribution in [2.45, 2.75) is 244 Å². The first-order valence-electron chi connectivity index (χ1n) is 29.9. The highest BCUT2D eigenvalue weighted by atomic mass is 16.8. The lowest BCUT2D eigenvalue weighted by atomic mass is 9.46. The Bertz CT molecular complexity index is 2280. The van der Waals surface area contributed by atoms with Gasteiger partial charge in [0, 0.05) is 30.1 Å². The molecule has 10 aliphatic rings. The summed E-state index contributed by atoms with van der Waals surface area (Å²) in [7, 11) is 0.